The fraction of sp³-hybridized carbons (Fsp3) is 0.438. The highest BCUT2D eigenvalue weighted by Gasteiger charge is 2.62. The number of carbonyl (C=O) groups excluding carboxylic acids is 1. The predicted octanol–water partition coefficient (Wildman–Crippen LogP) is 1.56. The van der Waals surface area contributed by atoms with Crippen LogP contribution in [0.5, 0.6) is 11.5 Å². The number of hydrogen-bond donors (Lipinski definition) is 0. The summed E-state index contributed by atoms with van der Waals surface area (Å²) in [6.07, 6.45) is 5.40. The predicted molar refractivity (Wildman–Crippen MR) is 78.3 cm³/mol. The van der Waals surface area contributed by atoms with E-state index in [2.05, 4.69) is 11.4 Å². The SMILES string of the molecule is O=Cc1cc2c(cc1C13C=CC4CC1N(N=O)CC3O4)OCO2. The largest absolute Gasteiger partial charge is 0.454 e. The van der Waals surface area contributed by atoms with Crippen LogP contribution in [0.25, 0.3) is 0 Å². The van der Waals surface area contributed by atoms with Gasteiger partial charge < -0.3 is 14.2 Å². The van der Waals surface area contributed by atoms with E-state index >= 15 is 0 Å². The number of hydrogen-bond acceptors (Lipinski definition) is 6. The van der Waals surface area contributed by atoms with Crippen molar-refractivity contribution in [2.24, 2.45) is 5.29 Å². The van der Waals surface area contributed by atoms with Crippen LogP contribution in [-0.2, 0) is 10.2 Å². The van der Waals surface area contributed by atoms with Gasteiger partial charge >= 0.3 is 0 Å². The standard InChI is InChI=1S/C16H14N2O5/c19-7-9-3-12-13(22-8-21-12)5-11(9)16-2-1-10-4-14(16)18(17-20)6-15(16)23-10/h1-3,5,7,10,14-15H,4,6,8H2. The van der Waals surface area contributed by atoms with Crippen molar-refractivity contribution < 1.29 is 19.0 Å². The Hall–Kier alpha value is -2.41. The molecule has 0 aromatic heterocycles. The van der Waals surface area contributed by atoms with E-state index in [0.717, 1.165) is 11.8 Å². The molecule has 1 aromatic rings. The summed E-state index contributed by atoms with van der Waals surface area (Å²) in [4.78, 5) is 22.9. The molecule has 0 saturated carbocycles. The Balaban J connectivity index is 1.74. The maximum atomic E-state index is 11.7. The maximum absolute atomic E-state index is 11.7. The van der Waals surface area contributed by atoms with Crippen LogP contribution in [0.15, 0.2) is 29.6 Å². The Morgan fingerprint density at radius 3 is 2.91 bits per heavy atom. The first-order valence-corrected chi connectivity index (χ1v) is 7.60. The van der Waals surface area contributed by atoms with E-state index in [1.807, 2.05) is 12.1 Å². The van der Waals surface area contributed by atoms with Gasteiger partial charge in [0.15, 0.2) is 17.8 Å². The van der Waals surface area contributed by atoms with Gasteiger partial charge in [-0.15, -0.1) is 4.91 Å². The highest BCUT2D eigenvalue weighted by molar-refractivity contribution is 5.81. The van der Waals surface area contributed by atoms with Crippen molar-refractivity contribution >= 4 is 6.29 Å². The second-order valence-electron chi connectivity index (χ2n) is 6.32. The normalized spacial score (nSPS) is 35.7. The summed E-state index contributed by atoms with van der Waals surface area (Å²) in [6.45, 7) is 0.578. The number of ether oxygens (including phenoxy) is 3. The van der Waals surface area contributed by atoms with Crippen LogP contribution >= 0.6 is 0 Å². The fourth-order valence-corrected chi connectivity index (χ4v) is 4.44. The Morgan fingerprint density at radius 1 is 1.30 bits per heavy atom. The summed E-state index contributed by atoms with van der Waals surface area (Å²) in [5, 5.41) is 4.72. The molecule has 4 unspecified atom stereocenters. The smallest absolute Gasteiger partial charge is 0.231 e. The third kappa shape index (κ3) is 1.50. The summed E-state index contributed by atoms with van der Waals surface area (Å²) < 4.78 is 16.9. The molecule has 1 aliphatic carbocycles. The average molecular weight is 314 g/mol. The molecule has 2 fully saturated rings. The van der Waals surface area contributed by atoms with E-state index in [1.165, 1.54) is 0 Å². The second-order valence-corrected chi connectivity index (χ2v) is 6.32. The quantitative estimate of drug-likeness (QED) is 0.479. The maximum Gasteiger partial charge on any atom is 0.231 e. The molecule has 23 heavy (non-hydrogen) atoms. The number of aldehydes is 1. The summed E-state index contributed by atoms with van der Waals surface area (Å²) in [5.41, 5.74) is 0.790. The zero-order valence-electron chi connectivity index (χ0n) is 12.2. The van der Waals surface area contributed by atoms with Gasteiger partial charge in [0.2, 0.25) is 6.79 Å². The van der Waals surface area contributed by atoms with Crippen LogP contribution in [-0.4, -0.2) is 42.9 Å². The molecule has 118 valence electrons. The fourth-order valence-electron chi connectivity index (χ4n) is 4.44. The van der Waals surface area contributed by atoms with Gasteiger partial charge in [-0.05, 0) is 17.7 Å². The number of rotatable bonds is 3. The summed E-state index contributed by atoms with van der Waals surface area (Å²) in [6, 6.07) is 3.44. The van der Waals surface area contributed by atoms with Crippen molar-refractivity contribution in [3.05, 3.63) is 40.3 Å². The first kappa shape index (κ1) is 13.1. The van der Waals surface area contributed by atoms with Gasteiger partial charge in [0, 0.05) is 12.0 Å². The Morgan fingerprint density at radius 2 is 2.13 bits per heavy atom. The lowest BCUT2D eigenvalue weighted by Gasteiger charge is -2.47. The molecule has 4 aliphatic heterocycles. The second kappa shape index (κ2) is 4.32. The van der Waals surface area contributed by atoms with E-state index in [1.54, 1.807) is 11.1 Å². The summed E-state index contributed by atoms with van der Waals surface area (Å²) in [7, 11) is 0. The Labute approximate surface area is 131 Å². The molecule has 4 atom stereocenters. The highest BCUT2D eigenvalue weighted by Crippen LogP contribution is 2.54. The number of nitrogens with zero attached hydrogens (tertiary/aromatic N) is 2. The van der Waals surface area contributed by atoms with Crippen LogP contribution < -0.4 is 9.47 Å². The lowest BCUT2D eigenvalue weighted by molar-refractivity contribution is -0.0540. The molecule has 7 heteroatoms. The van der Waals surface area contributed by atoms with Gasteiger partial charge in [-0.3, -0.25) is 9.80 Å². The van der Waals surface area contributed by atoms with Crippen molar-refractivity contribution in [1.29, 1.82) is 0 Å². The molecule has 0 radical (unpaired) electrons. The third-order valence-electron chi connectivity index (χ3n) is 5.42. The van der Waals surface area contributed by atoms with Gasteiger partial charge in [-0.25, -0.2) is 0 Å². The van der Waals surface area contributed by atoms with Crippen molar-refractivity contribution in [1.82, 2.24) is 5.01 Å². The van der Waals surface area contributed by atoms with Crippen molar-refractivity contribution in [2.75, 3.05) is 13.3 Å². The molecular formula is C16H14N2O5. The minimum atomic E-state index is -0.556. The van der Waals surface area contributed by atoms with E-state index in [9.17, 15) is 9.70 Å². The van der Waals surface area contributed by atoms with Crippen LogP contribution in [0.4, 0.5) is 0 Å². The van der Waals surface area contributed by atoms with Crippen LogP contribution in [0, 0.1) is 4.91 Å². The molecule has 4 heterocycles. The molecular weight excluding hydrogens is 300 g/mol. The number of benzene rings is 1. The van der Waals surface area contributed by atoms with E-state index in [-0.39, 0.29) is 25.0 Å². The van der Waals surface area contributed by atoms with Gasteiger partial charge in [0.1, 0.15) is 0 Å². The van der Waals surface area contributed by atoms with Crippen molar-refractivity contribution in [3.63, 3.8) is 0 Å². The Kier molecular flexibility index (Phi) is 2.45. The zero-order valence-corrected chi connectivity index (χ0v) is 12.2. The molecule has 1 aromatic carbocycles. The van der Waals surface area contributed by atoms with Gasteiger partial charge in [0.05, 0.1) is 35.5 Å². The summed E-state index contributed by atoms with van der Waals surface area (Å²) >= 11 is 0. The molecule has 0 spiro atoms. The molecule has 6 rings (SSSR count). The van der Waals surface area contributed by atoms with Crippen LogP contribution in [0.1, 0.15) is 22.3 Å². The highest BCUT2D eigenvalue weighted by atomic mass is 16.7. The van der Waals surface area contributed by atoms with Gasteiger partial charge in [0.25, 0.3) is 0 Å². The van der Waals surface area contributed by atoms with E-state index < -0.39 is 5.41 Å². The molecule has 2 saturated heterocycles. The average Bonchev–Trinajstić information content (AvgIpc) is 3.13. The number of fused-ring (bicyclic) bond motifs is 1. The monoisotopic (exact) mass is 314 g/mol. The molecule has 7 nitrogen and oxygen atoms in total. The van der Waals surface area contributed by atoms with Crippen LogP contribution in [0.2, 0.25) is 0 Å². The number of carbonyl (C=O) groups is 1. The first-order valence-electron chi connectivity index (χ1n) is 7.60. The topological polar surface area (TPSA) is 77.4 Å². The molecule has 0 N–H and O–H groups in total. The van der Waals surface area contributed by atoms with Crippen LogP contribution in [0.3, 0.4) is 0 Å². The minimum Gasteiger partial charge on any atom is -0.454 e. The zero-order chi connectivity index (χ0) is 15.6. The van der Waals surface area contributed by atoms with E-state index in [0.29, 0.717) is 30.0 Å². The lowest BCUT2D eigenvalue weighted by Crippen LogP contribution is -2.55. The molecule has 4 bridgehead atoms. The van der Waals surface area contributed by atoms with E-state index in [4.69, 9.17) is 14.2 Å². The Bertz CT molecular complexity index is 748. The molecule has 5 aliphatic rings. The summed E-state index contributed by atoms with van der Waals surface area (Å²) in [5.74, 6) is 1.19. The lowest BCUT2D eigenvalue weighted by atomic mass is 9.65. The van der Waals surface area contributed by atoms with Crippen molar-refractivity contribution in [3.8, 4) is 11.5 Å². The van der Waals surface area contributed by atoms with Gasteiger partial charge in [-0.1, -0.05) is 12.2 Å². The minimum absolute atomic E-state index is 0.00677. The third-order valence-corrected chi connectivity index (χ3v) is 5.42. The molecule has 0 amide bonds. The number of nitroso groups, excluding NO2 is 1. The van der Waals surface area contributed by atoms with Gasteiger partial charge in [-0.2, -0.15) is 0 Å². The van der Waals surface area contributed by atoms with Crippen molar-refractivity contribution in [2.45, 2.75) is 30.1 Å². The first-order chi connectivity index (χ1) is 11.3.